The van der Waals surface area contributed by atoms with Crippen LogP contribution in [0.5, 0.6) is 0 Å². The number of aromatic nitrogens is 1. The number of amides is 2. The van der Waals surface area contributed by atoms with Crippen LogP contribution in [0.3, 0.4) is 0 Å². The normalized spacial score (nSPS) is 16.3. The van der Waals surface area contributed by atoms with Crippen LogP contribution in [-0.2, 0) is 0 Å². The zero-order valence-corrected chi connectivity index (χ0v) is 12.4. The van der Waals surface area contributed by atoms with Crippen molar-refractivity contribution >= 4 is 17.5 Å². The average Bonchev–Trinajstić information content (AvgIpc) is 2.39. The topological polar surface area (TPSA) is 60.5 Å². The summed E-state index contributed by atoms with van der Waals surface area (Å²) >= 11 is 0. The van der Waals surface area contributed by atoms with Gasteiger partial charge >= 0.3 is 6.03 Å². The lowest BCUT2D eigenvalue weighted by atomic mass is 10.3. The van der Waals surface area contributed by atoms with Crippen molar-refractivity contribution in [1.82, 2.24) is 15.2 Å². The van der Waals surface area contributed by atoms with E-state index in [-0.39, 0.29) is 12.1 Å². The Balaban J connectivity index is 1.91. The Labute approximate surface area is 120 Å². The summed E-state index contributed by atoms with van der Waals surface area (Å²) in [5, 5.41) is 5.55. The monoisotopic (exact) mass is 277 g/mol. The van der Waals surface area contributed by atoms with Gasteiger partial charge < -0.3 is 20.4 Å². The molecule has 0 aliphatic carbocycles. The van der Waals surface area contributed by atoms with E-state index in [0.717, 1.165) is 32.0 Å². The fraction of sp³-hybridized carbons (Fsp3) is 0.571. The molecule has 2 heterocycles. The maximum Gasteiger partial charge on any atom is 0.319 e. The van der Waals surface area contributed by atoms with Crippen molar-refractivity contribution in [2.75, 3.05) is 43.4 Å². The van der Waals surface area contributed by atoms with Gasteiger partial charge in [0.05, 0.1) is 11.9 Å². The maximum atomic E-state index is 11.6. The van der Waals surface area contributed by atoms with E-state index in [4.69, 9.17) is 0 Å². The van der Waals surface area contributed by atoms with Gasteiger partial charge in [0.2, 0.25) is 0 Å². The molecule has 6 nitrogen and oxygen atoms in total. The third kappa shape index (κ3) is 4.09. The van der Waals surface area contributed by atoms with Gasteiger partial charge in [0.15, 0.2) is 0 Å². The third-order valence-electron chi connectivity index (χ3n) is 3.25. The fourth-order valence-electron chi connectivity index (χ4n) is 2.11. The van der Waals surface area contributed by atoms with Crippen molar-refractivity contribution in [1.29, 1.82) is 0 Å². The fourth-order valence-corrected chi connectivity index (χ4v) is 2.11. The van der Waals surface area contributed by atoms with Crippen molar-refractivity contribution in [3.8, 4) is 0 Å². The van der Waals surface area contributed by atoms with Crippen LogP contribution in [0.25, 0.3) is 0 Å². The van der Waals surface area contributed by atoms with E-state index < -0.39 is 0 Å². The van der Waals surface area contributed by atoms with Gasteiger partial charge in [-0.15, -0.1) is 0 Å². The first-order valence-corrected chi connectivity index (χ1v) is 7.01. The van der Waals surface area contributed by atoms with Crippen LogP contribution < -0.4 is 15.5 Å². The van der Waals surface area contributed by atoms with Gasteiger partial charge in [0, 0.05) is 32.2 Å². The zero-order valence-electron chi connectivity index (χ0n) is 12.4. The second kappa shape index (κ2) is 6.56. The molecular formula is C14H23N5O. The number of urea groups is 1. The quantitative estimate of drug-likeness (QED) is 0.876. The minimum atomic E-state index is -0.200. The highest BCUT2D eigenvalue weighted by Crippen LogP contribution is 2.15. The summed E-state index contributed by atoms with van der Waals surface area (Å²) in [4.78, 5) is 20.6. The van der Waals surface area contributed by atoms with Crippen LogP contribution in [0.15, 0.2) is 18.3 Å². The number of anilines is 2. The number of hydrogen-bond acceptors (Lipinski definition) is 4. The molecule has 0 saturated carbocycles. The highest BCUT2D eigenvalue weighted by Gasteiger charge is 2.15. The van der Waals surface area contributed by atoms with Crippen LogP contribution >= 0.6 is 0 Å². The predicted octanol–water partition coefficient (Wildman–Crippen LogP) is 1.36. The number of nitrogens with zero attached hydrogens (tertiary/aromatic N) is 3. The van der Waals surface area contributed by atoms with E-state index in [0.29, 0.717) is 5.69 Å². The summed E-state index contributed by atoms with van der Waals surface area (Å²) in [5.41, 5.74) is 0.709. The Hall–Kier alpha value is -1.82. The largest absolute Gasteiger partial charge is 0.354 e. The van der Waals surface area contributed by atoms with E-state index in [1.807, 2.05) is 26.0 Å². The molecular weight excluding hydrogens is 254 g/mol. The molecule has 0 spiro atoms. The Morgan fingerprint density at radius 1 is 1.25 bits per heavy atom. The van der Waals surface area contributed by atoms with Crippen LogP contribution in [0.4, 0.5) is 16.3 Å². The van der Waals surface area contributed by atoms with Gasteiger partial charge in [-0.2, -0.15) is 0 Å². The zero-order chi connectivity index (χ0) is 14.5. The van der Waals surface area contributed by atoms with Crippen molar-refractivity contribution in [2.45, 2.75) is 19.9 Å². The molecule has 2 rings (SSSR count). The molecule has 20 heavy (non-hydrogen) atoms. The number of nitrogens with one attached hydrogen (secondary N) is 2. The molecule has 1 fully saturated rings. The molecule has 0 unspecified atom stereocenters. The Morgan fingerprint density at radius 3 is 2.50 bits per heavy atom. The van der Waals surface area contributed by atoms with Gasteiger partial charge in [-0.1, -0.05) is 0 Å². The highest BCUT2D eigenvalue weighted by molar-refractivity contribution is 5.89. The maximum absolute atomic E-state index is 11.6. The average molecular weight is 277 g/mol. The van der Waals surface area contributed by atoms with Crippen molar-refractivity contribution in [3.63, 3.8) is 0 Å². The lowest BCUT2D eigenvalue weighted by molar-refractivity contribution is 0.250. The molecule has 1 aromatic heterocycles. The number of carbonyl (C=O) groups excluding carboxylic acids is 1. The van der Waals surface area contributed by atoms with E-state index >= 15 is 0 Å². The molecule has 1 saturated heterocycles. The Kier molecular flexibility index (Phi) is 4.79. The van der Waals surface area contributed by atoms with Crippen LogP contribution in [0, 0.1) is 0 Å². The number of hydrogen-bond donors (Lipinski definition) is 2. The second-order valence-corrected chi connectivity index (χ2v) is 5.45. The summed E-state index contributed by atoms with van der Waals surface area (Å²) < 4.78 is 0. The molecule has 0 radical (unpaired) electrons. The van der Waals surface area contributed by atoms with Gasteiger partial charge in [0.25, 0.3) is 0 Å². The van der Waals surface area contributed by atoms with Crippen LogP contribution in [-0.4, -0.2) is 55.2 Å². The summed E-state index contributed by atoms with van der Waals surface area (Å²) in [6.07, 6.45) is 1.70. The molecule has 1 aliphatic heterocycles. The summed E-state index contributed by atoms with van der Waals surface area (Å²) in [6, 6.07) is 3.76. The van der Waals surface area contributed by atoms with E-state index in [2.05, 4.69) is 32.5 Å². The number of rotatable bonds is 3. The van der Waals surface area contributed by atoms with Gasteiger partial charge in [-0.25, -0.2) is 9.78 Å². The minimum absolute atomic E-state index is 0.118. The smallest absolute Gasteiger partial charge is 0.319 e. The van der Waals surface area contributed by atoms with Crippen molar-refractivity contribution < 1.29 is 4.79 Å². The lowest BCUT2D eigenvalue weighted by Crippen LogP contribution is -2.44. The number of likely N-dealkylation sites (N-methyl/N-ethyl adjacent to an activating group) is 1. The number of piperazine rings is 1. The van der Waals surface area contributed by atoms with E-state index in [9.17, 15) is 4.79 Å². The SMILES string of the molecule is CC(C)NC(=O)Nc1ccc(N2CCN(C)CC2)nc1. The number of carbonyl (C=O) groups is 1. The van der Waals surface area contributed by atoms with Gasteiger partial charge in [-0.05, 0) is 33.0 Å². The third-order valence-corrected chi connectivity index (χ3v) is 3.25. The van der Waals surface area contributed by atoms with Gasteiger partial charge in [0.1, 0.15) is 5.82 Å². The molecule has 1 aromatic rings. The molecule has 6 heteroatoms. The first-order chi connectivity index (χ1) is 9.54. The standard InChI is InChI=1S/C14H23N5O/c1-11(2)16-14(20)17-12-4-5-13(15-10-12)19-8-6-18(3)7-9-19/h4-5,10-11H,6-9H2,1-3H3,(H2,16,17,20). The van der Waals surface area contributed by atoms with E-state index in [1.54, 1.807) is 6.20 Å². The Bertz CT molecular complexity index is 437. The Morgan fingerprint density at radius 2 is 1.95 bits per heavy atom. The van der Waals surface area contributed by atoms with Crippen molar-refractivity contribution in [2.24, 2.45) is 0 Å². The summed E-state index contributed by atoms with van der Waals surface area (Å²) in [5.74, 6) is 0.966. The van der Waals surface area contributed by atoms with Crippen LogP contribution in [0.2, 0.25) is 0 Å². The molecule has 0 atom stereocenters. The first kappa shape index (κ1) is 14.6. The predicted molar refractivity (Wildman–Crippen MR) is 81.2 cm³/mol. The molecule has 2 N–H and O–H groups in total. The van der Waals surface area contributed by atoms with Crippen molar-refractivity contribution in [3.05, 3.63) is 18.3 Å². The molecule has 2 amide bonds. The molecule has 0 aromatic carbocycles. The van der Waals surface area contributed by atoms with Gasteiger partial charge in [-0.3, -0.25) is 0 Å². The second-order valence-electron chi connectivity index (χ2n) is 5.45. The molecule has 1 aliphatic rings. The molecule has 110 valence electrons. The summed E-state index contributed by atoms with van der Waals surface area (Å²) in [6.45, 7) is 7.94. The van der Waals surface area contributed by atoms with Crippen LogP contribution in [0.1, 0.15) is 13.8 Å². The summed E-state index contributed by atoms with van der Waals surface area (Å²) in [7, 11) is 2.13. The molecule has 0 bridgehead atoms. The first-order valence-electron chi connectivity index (χ1n) is 7.01. The number of pyridine rings is 1. The van der Waals surface area contributed by atoms with E-state index in [1.165, 1.54) is 0 Å². The lowest BCUT2D eigenvalue weighted by Gasteiger charge is -2.33. The highest BCUT2D eigenvalue weighted by atomic mass is 16.2. The minimum Gasteiger partial charge on any atom is -0.354 e.